The van der Waals surface area contributed by atoms with Crippen molar-refractivity contribution in [3.05, 3.63) is 41.7 Å². The average Bonchev–Trinajstić information content (AvgIpc) is 2.46. The third-order valence-electron chi connectivity index (χ3n) is 3.50. The van der Waals surface area contributed by atoms with E-state index in [0.29, 0.717) is 17.8 Å². The van der Waals surface area contributed by atoms with E-state index in [1.165, 1.54) is 0 Å². The Labute approximate surface area is 124 Å². The van der Waals surface area contributed by atoms with Gasteiger partial charge in [-0.1, -0.05) is 44.3 Å². The minimum Gasteiger partial charge on any atom is -0.511 e. The first-order chi connectivity index (χ1) is 9.39. The van der Waals surface area contributed by atoms with Crippen LogP contribution in [0.15, 0.2) is 41.7 Å². The Morgan fingerprint density at radius 1 is 1.30 bits per heavy atom. The van der Waals surface area contributed by atoms with E-state index in [1.807, 2.05) is 44.2 Å². The van der Waals surface area contributed by atoms with Gasteiger partial charge in [-0.25, -0.2) is 0 Å². The summed E-state index contributed by atoms with van der Waals surface area (Å²) in [6.45, 7) is 4.07. The van der Waals surface area contributed by atoms with Gasteiger partial charge in [0, 0.05) is 18.5 Å². The zero-order valence-corrected chi connectivity index (χ0v) is 12.6. The fourth-order valence-electron chi connectivity index (χ4n) is 2.33. The average molecular weight is 289 g/mol. The van der Waals surface area contributed by atoms with Gasteiger partial charge in [-0.3, -0.25) is 4.79 Å². The van der Waals surface area contributed by atoms with E-state index in [0.717, 1.165) is 12.1 Å². The van der Waals surface area contributed by atoms with E-state index >= 15 is 0 Å². The lowest BCUT2D eigenvalue weighted by molar-refractivity contribution is -0.116. The summed E-state index contributed by atoms with van der Waals surface area (Å²) in [5.74, 6) is 0.0208. The molecule has 1 aliphatic carbocycles. The topological polar surface area (TPSA) is 49.3 Å². The summed E-state index contributed by atoms with van der Waals surface area (Å²) >= 11 is 5.30. The molecule has 0 saturated heterocycles. The number of Topliss-reactive ketones (excluding diaryl/α,β-unsaturated/α-hetero) is 1. The number of carbonyl (C=O) groups excluding carboxylic acids is 1. The Kier molecular flexibility index (Phi) is 4.23. The van der Waals surface area contributed by atoms with E-state index in [9.17, 15) is 9.90 Å². The third-order valence-corrected chi connectivity index (χ3v) is 3.81. The molecular weight excluding hydrogens is 270 g/mol. The predicted octanol–water partition coefficient (Wildman–Crippen LogP) is 4.02. The summed E-state index contributed by atoms with van der Waals surface area (Å²) in [6.07, 6.45) is 1.68. The Bertz CT molecular complexity index is 561. The van der Waals surface area contributed by atoms with E-state index in [-0.39, 0.29) is 22.5 Å². The van der Waals surface area contributed by atoms with Crippen LogP contribution in [-0.2, 0) is 4.79 Å². The van der Waals surface area contributed by atoms with Crippen LogP contribution in [0.5, 0.6) is 0 Å². The zero-order chi connectivity index (χ0) is 14.8. The molecule has 0 radical (unpaired) electrons. The second-order valence-electron chi connectivity index (χ2n) is 5.91. The van der Waals surface area contributed by atoms with Gasteiger partial charge in [0.05, 0.1) is 5.57 Å². The van der Waals surface area contributed by atoms with Gasteiger partial charge in [-0.05, 0) is 24.0 Å². The predicted molar refractivity (Wildman–Crippen MR) is 85.0 cm³/mol. The van der Waals surface area contributed by atoms with Gasteiger partial charge in [0.15, 0.2) is 5.78 Å². The highest BCUT2D eigenvalue weighted by molar-refractivity contribution is 7.81. The summed E-state index contributed by atoms with van der Waals surface area (Å²) in [5, 5.41) is 13.2. The maximum Gasteiger partial charge on any atom is 0.169 e. The van der Waals surface area contributed by atoms with Gasteiger partial charge >= 0.3 is 0 Å². The maximum absolute atomic E-state index is 12.3. The molecule has 1 aromatic rings. The fourth-order valence-corrected chi connectivity index (χ4v) is 2.68. The Balaban J connectivity index is 2.21. The maximum atomic E-state index is 12.3. The highest BCUT2D eigenvalue weighted by atomic mass is 32.1. The number of nitrogens with one attached hydrogen (secondary N) is 1. The summed E-state index contributed by atoms with van der Waals surface area (Å²) in [4.78, 5) is 12.6. The van der Waals surface area contributed by atoms with Crippen LogP contribution in [-0.4, -0.2) is 15.9 Å². The quantitative estimate of drug-likeness (QED) is 0.807. The molecule has 0 bridgehead atoms. The molecule has 0 aromatic heterocycles. The number of thiocarbonyl (C=S) groups is 1. The van der Waals surface area contributed by atoms with Crippen molar-refractivity contribution in [3.63, 3.8) is 0 Å². The summed E-state index contributed by atoms with van der Waals surface area (Å²) in [5.41, 5.74) is 0.985. The number of para-hydroxylation sites is 1. The Morgan fingerprint density at radius 2 is 1.95 bits per heavy atom. The fraction of sp³-hybridized carbons (Fsp3) is 0.375. The van der Waals surface area contributed by atoms with Crippen molar-refractivity contribution < 1.29 is 9.90 Å². The first-order valence-electron chi connectivity index (χ1n) is 6.71. The van der Waals surface area contributed by atoms with Crippen LogP contribution in [0, 0.1) is 5.41 Å². The molecular formula is C16H19NO2S. The van der Waals surface area contributed by atoms with Gasteiger partial charge < -0.3 is 10.4 Å². The standard InChI is InChI=1S/C16H19NO2S/c1-16(2)9-8-12(18)14(13(19)10-16)15(20)17-11-6-4-3-5-7-11/h3-7,18H,8-10H2,1-2H3,(H,17,20). The largest absolute Gasteiger partial charge is 0.511 e. The number of benzene rings is 1. The molecule has 0 heterocycles. The zero-order valence-electron chi connectivity index (χ0n) is 11.8. The molecule has 4 heteroatoms. The molecule has 0 spiro atoms. The smallest absolute Gasteiger partial charge is 0.169 e. The summed E-state index contributed by atoms with van der Waals surface area (Å²) < 4.78 is 0. The van der Waals surface area contributed by atoms with Crippen molar-refractivity contribution >= 4 is 28.7 Å². The number of hydrogen-bond donors (Lipinski definition) is 2. The van der Waals surface area contributed by atoms with Crippen LogP contribution >= 0.6 is 12.2 Å². The number of carbonyl (C=O) groups is 1. The Hall–Kier alpha value is -1.68. The van der Waals surface area contributed by atoms with Crippen LogP contribution in [0.3, 0.4) is 0 Å². The number of anilines is 1. The van der Waals surface area contributed by atoms with Gasteiger partial charge in [0.1, 0.15) is 10.7 Å². The number of ketones is 1. The minimum atomic E-state index is -0.102. The molecule has 0 atom stereocenters. The summed E-state index contributed by atoms with van der Waals surface area (Å²) in [7, 11) is 0. The van der Waals surface area contributed by atoms with Crippen LogP contribution < -0.4 is 5.32 Å². The van der Waals surface area contributed by atoms with E-state index in [2.05, 4.69) is 5.32 Å². The van der Waals surface area contributed by atoms with Crippen molar-refractivity contribution in [1.29, 1.82) is 0 Å². The number of hydrogen-bond acceptors (Lipinski definition) is 3. The van der Waals surface area contributed by atoms with Gasteiger partial charge in [0.2, 0.25) is 0 Å². The van der Waals surface area contributed by atoms with Crippen LogP contribution in [0.2, 0.25) is 0 Å². The molecule has 2 rings (SSSR count). The number of allylic oxidation sites excluding steroid dienone is 1. The second kappa shape index (κ2) is 5.75. The first-order valence-corrected chi connectivity index (χ1v) is 7.12. The van der Waals surface area contributed by atoms with Gasteiger partial charge in [0.25, 0.3) is 0 Å². The molecule has 0 fully saturated rings. The molecule has 0 saturated carbocycles. The SMILES string of the molecule is CC1(C)CCC(O)=C(C(=S)Nc2ccccc2)C(=O)C1. The van der Waals surface area contributed by atoms with Crippen molar-refractivity contribution in [2.75, 3.05) is 5.32 Å². The van der Waals surface area contributed by atoms with Crippen molar-refractivity contribution in [3.8, 4) is 0 Å². The minimum absolute atomic E-state index is 0.0848. The van der Waals surface area contributed by atoms with Crippen molar-refractivity contribution in [2.24, 2.45) is 5.41 Å². The van der Waals surface area contributed by atoms with Crippen molar-refractivity contribution in [2.45, 2.75) is 33.1 Å². The second-order valence-corrected chi connectivity index (χ2v) is 6.31. The molecule has 1 aliphatic rings. The summed E-state index contributed by atoms with van der Waals surface area (Å²) in [6, 6.07) is 9.42. The highest BCUT2D eigenvalue weighted by Gasteiger charge is 2.31. The lowest BCUT2D eigenvalue weighted by Crippen LogP contribution is -2.22. The molecule has 0 amide bonds. The number of aliphatic hydroxyl groups excluding tert-OH is 1. The molecule has 2 N–H and O–H groups in total. The third kappa shape index (κ3) is 3.45. The van der Waals surface area contributed by atoms with Crippen LogP contribution in [0.4, 0.5) is 5.69 Å². The van der Waals surface area contributed by atoms with E-state index in [1.54, 1.807) is 0 Å². The molecule has 0 aliphatic heterocycles. The lowest BCUT2D eigenvalue weighted by Gasteiger charge is -2.20. The molecule has 3 nitrogen and oxygen atoms in total. The Morgan fingerprint density at radius 3 is 2.60 bits per heavy atom. The van der Waals surface area contributed by atoms with E-state index < -0.39 is 0 Å². The number of rotatable bonds is 2. The highest BCUT2D eigenvalue weighted by Crippen LogP contribution is 2.34. The van der Waals surface area contributed by atoms with Crippen LogP contribution in [0.1, 0.15) is 33.1 Å². The molecule has 106 valence electrons. The van der Waals surface area contributed by atoms with Gasteiger partial charge in [-0.2, -0.15) is 0 Å². The molecule has 0 unspecified atom stereocenters. The van der Waals surface area contributed by atoms with Crippen molar-refractivity contribution in [1.82, 2.24) is 0 Å². The van der Waals surface area contributed by atoms with E-state index in [4.69, 9.17) is 12.2 Å². The number of aliphatic hydroxyl groups is 1. The molecule has 20 heavy (non-hydrogen) atoms. The normalized spacial score (nSPS) is 18.6. The van der Waals surface area contributed by atoms with Gasteiger partial charge in [-0.15, -0.1) is 0 Å². The monoisotopic (exact) mass is 289 g/mol. The van der Waals surface area contributed by atoms with Crippen LogP contribution in [0.25, 0.3) is 0 Å². The molecule has 1 aromatic carbocycles. The first kappa shape index (κ1) is 14.7. The lowest BCUT2D eigenvalue weighted by atomic mass is 9.84.